The summed E-state index contributed by atoms with van der Waals surface area (Å²) in [6, 6.07) is 3.49. The van der Waals surface area contributed by atoms with Crippen LogP contribution >= 0.6 is 22.9 Å². The molecule has 3 nitrogen and oxygen atoms in total. The van der Waals surface area contributed by atoms with Crippen LogP contribution in [0.4, 0.5) is 0 Å². The van der Waals surface area contributed by atoms with Crippen LogP contribution in [0.25, 0.3) is 0 Å². The summed E-state index contributed by atoms with van der Waals surface area (Å²) in [5.41, 5.74) is 0.245. The molecule has 1 aromatic heterocycles. The SMILES string of the molecule is CC(C)(C)C1CCCN(S(=O)(=O)c2ccc(CCl)s2)CC1. The summed E-state index contributed by atoms with van der Waals surface area (Å²) in [7, 11) is -3.35. The molecule has 0 amide bonds. The fourth-order valence-corrected chi connectivity index (χ4v) is 5.98. The Kier molecular flexibility index (Phi) is 5.40. The van der Waals surface area contributed by atoms with E-state index in [0.717, 1.165) is 24.1 Å². The molecule has 6 heteroatoms. The number of hydrogen-bond acceptors (Lipinski definition) is 3. The van der Waals surface area contributed by atoms with Crippen molar-refractivity contribution in [3.05, 3.63) is 17.0 Å². The van der Waals surface area contributed by atoms with E-state index in [2.05, 4.69) is 20.8 Å². The van der Waals surface area contributed by atoms with Crippen LogP contribution in [0.1, 0.15) is 44.9 Å². The quantitative estimate of drug-likeness (QED) is 0.762. The molecule has 1 fully saturated rings. The number of rotatable bonds is 3. The van der Waals surface area contributed by atoms with E-state index < -0.39 is 10.0 Å². The Labute approximate surface area is 137 Å². The van der Waals surface area contributed by atoms with Gasteiger partial charge in [0.15, 0.2) is 0 Å². The second-order valence-electron chi connectivity index (χ2n) is 6.75. The molecule has 2 heterocycles. The highest BCUT2D eigenvalue weighted by molar-refractivity contribution is 7.91. The van der Waals surface area contributed by atoms with Gasteiger partial charge in [-0.1, -0.05) is 20.8 Å². The van der Waals surface area contributed by atoms with Gasteiger partial charge in [-0.05, 0) is 42.7 Å². The minimum Gasteiger partial charge on any atom is -0.206 e. The van der Waals surface area contributed by atoms with Crippen molar-refractivity contribution >= 4 is 33.0 Å². The molecule has 0 aliphatic carbocycles. The van der Waals surface area contributed by atoms with Crippen LogP contribution in [0.5, 0.6) is 0 Å². The summed E-state index contributed by atoms with van der Waals surface area (Å²) in [4.78, 5) is 0.901. The zero-order valence-electron chi connectivity index (χ0n) is 12.9. The Bertz CT molecular complexity index is 575. The van der Waals surface area contributed by atoms with Gasteiger partial charge in [-0.2, -0.15) is 4.31 Å². The highest BCUT2D eigenvalue weighted by Gasteiger charge is 2.32. The van der Waals surface area contributed by atoms with Gasteiger partial charge in [0, 0.05) is 18.0 Å². The van der Waals surface area contributed by atoms with E-state index in [1.807, 2.05) is 0 Å². The zero-order valence-corrected chi connectivity index (χ0v) is 15.3. The van der Waals surface area contributed by atoms with Crippen molar-refractivity contribution in [1.29, 1.82) is 0 Å². The maximum atomic E-state index is 12.7. The van der Waals surface area contributed by atoms with Gasteiger partial charge in [0.25, 0.3) is 10.0 Å². The molecule has 21 heavy (non-hydrogen) atoms. The van der Waals surface area contributed by atoms with Crippen molar-refractivity contribution in [2.75, 3.05) is 13.1 Å². The molecule has 1 atom stereocenters. The van der Waals surface area contributed by atoms with Gasteiger partial charge in [0.05, 0.1) is 5.88 Å². The summed E-state index contributed by atoms with van der Waals surface area (Å²) in [5, 5.41) is 0. The molecule has 1 unspecified atom stereocenters. The monoisotopic (exact) mass is 349 g/mol. The van der Waals surface area contributed by atoms with Crippen LogP contribution in [-0.2, 0) is 15.9 Å². The average Bonchev–Trinajstić information content (AvgIpc) is 2.73. The fourth-order valence-electron chi connectivity index (χ4n) is 2.87. The van der Waals surface area contributed by atoms with E-state index in [0.29, 0.717) is 29.1 Å². The standard InChI is InChI=1S/C15H24ClNO2S2/c1-15(2,3)12-5-4-9-17(10-8-12)21(18,19)14-7-6-13(11-16)20-14/h6-7,12H,4-5,8-11H2,1-3H3. The molecule has 1 aliphatic heterocycles. The third-order valence-corrected chi connectivity index (χ3v) is 8.17. The number of hydrogen-bond donors (Lipinski definition) is 0. The lowest BCUT2D eigenvalue weighted by molar-refractivity contribution is 0.217. The first kappa shape index (κ1) is 17.3. The molecule has 0 saturated carbocycles. The minimum absolute atomic E-state index is 0.245. The summed E-state index contributed by atoms with van der Waals surface area (Å²) < 4.78 is 27.5. The lowest BCUT2D eigenvalue weighted by atomic mass is 9.77. The Hall–Kier alpha value is -0.100. The molecular formula is C15H24ClNO2S2. The van der Waals surface area contributed by atoms with Crippen LogP contribution in [0, 0.1) is 11.3 Å². The molecule has 1 aliphatic rings. The maximum absolute atomic E-state index is 12.7. The minimum atomic E-state index is -3.35. The van der Waals surface area contributed by atoms with Crippen LogP contribution < -0.4 is 0 Å². The first-order valence-corrected chi connectivity index (χ1v) is 10.2. The predicted octanol–water partition coefficient (Wildman–Crippen LogP) is 4.32. The van der Waals surface area contributed by atoms with E-state index in [9.17, 15) is 8.42 Å². The smallest absolute Gasteiger partial charge is 0.206 e. The topological polar surface area (TPSA) is 37.4 Å². The van der Waals surface area contributed by atoms with Crippen molar-refractivity contribution in [3.8, 4) is 0 Å². The van der Waals surface area contributed by atoms with Gasteiger partial charge in [-0.25, -0.2) is 8.42 Å². The summed E-state index contributed by atoms with van der Waals surface area (Å²) >= 11 is 7.06. The van der Waals surface area contributed by atoms with Crippen molar-refractivity contribution in [2.24, 2.45) is 11.3 Å². The Balaban J connectivity index is 2.14. The second kappa shape index (κ2) is 6.57. The lowest BCUT2D eigenvalue weighted by Crippen LogP contribution is -2.32. The van der Waals surface area contributed by atoms with E-state index in [1.165, 1.54) is 11.3 Å². The fraction of sp³-hybridized carbons (Fsp3) is 0.733. The molecule has 0 aromatic carbocycles. The number of thiophene rings is 1. The van der Waals surface area contributed by atoms with Gasteiger partial charge in [-0.15, -0.1) is 22.9 Å². The third kappa shape index (κ3) is 4.01. The number of alkyl halides is 1. The van der Waals surface area contributed by atoms with Crippen LogP contribution in [-0.4, -0.2) is 25.8 Å². The maximum Gasteiger partial charge on any atom is 0.252 e. The first-order valence-electron chi connectivity index (χ1n) is 7.40. The van der Waals surface area contributed by atoms with Gasteiger partial charge in [0.2, 0.25) is 0 Å². The summed E-state index contributed by atoms with van der Waals surface area (Å²) in [5.74, 6) is 0.950. The number of halogens is 1. The Morgan fingerprint density at radius 1 is 1.29 bits per heavy atom. The van der Waals surface area contributed by atoms with Gasteiger partial charge < -0.3 is 0 Å². The molecule has 2 rings (SSSR count). The highest BCUT2D eigenvalue weighted by Crippen LogP contribution is 2.36. The van der Waals surface area contributed by atoms with E-state index in [4.69, 9.17) is 11.6 Å². The van der Waals surface area contributed by atoms with Crippen LogP contribution in [0.2, 0.25) is 0 Å². The van der Waals surface area contributed by atoms with E-state index in [1.54, 1.807) is 16.4 Å². The van der Waals surface area contributed by atoms with Gasteiger partial charge in [-0.3, -0.25) is 0 Å². The van der Waals surface area contributed by atoms with Gasteiger partial charge >= 0.3 is 0 Å². The molecule has 120 valence electrons. The van der Waals surface area contributed by atoms with Crippen LogP contribution in [0.3, 0.4) is 0 Å². The van der Waals surface area contributed by atoms with Crippen LogP contribution in [0.15, 0.2) is 16.3 Å². The molecule has 0 bridgehead atoms. The molecule has 0 radical (unpaired) electrons. The van der Waals surface area contributed by atoms with E-state index >= 15 is 0 Å². The molecule has 0 N–H and O–H groups in total. The Morgan fingerprint density at radius 3 is 2.57 bits per heavy atom. The van der Waals surface area contributed by atoms with Crippen molar-refractivity contribution in [1.82, 2.24) is 4.31 Å². The third-order valence-electron chi connectivity index (χ3n) is 4.27. The second-order valence-corrected chi connectivity index (χ2v) is 10.4. The largest absolute Gasteiger partial charge is 0.252 e. The summed E-state index contributed by atoms with van der Waals surface area (Å²) in [6.45, 7) is 7.98. The molecule has 1 saturated heterocycles. The highest BCUT2D eigenvalue weighted by atomic mass is 35.5. The summed E-state index contributed by atoms with van der Waals surface area (Å²) in [6.07, 6.45) is 2.98. The molecule has 0 spiro atoms. The average molecular weight is 350 g/mol. The number of nitrogens with zero attached hydrogens (tertiary/aromatic N) is 1. The number of sulfonamides is 1. The van der Waals surface area contributed by atoms with Crippen molar-refractivity contribution in [2.45, 2.75) is 50.1 Å². The first-order chi connectivity index (χ1) is 9.75. The molecule has 1 aromatic rings. The van der Waals surface area contributed by atoms with E-state index in [-0.39, 0.29) is 5.41 Å². The Morgan fingerprint density at radius 2 is 2.00 bits per heavy atom. The van der Waals surface area contributed by atoms with Gasteiger partial charge in [0.1, 0.15) is 4.21 Å². The van der Waals surface area contributed by atoms with Crippen molar-refractivity contribution in [3.63, 3.8) is 0 Å². The molecular weight excluding hydrogens is 326 g/mol. The normalized spacial score (nSPS) is 22.2. The zero-order chi connectivity index (χ0) is 15.7. The predicted molar refractivity (Wildman–Crippen MR) is 89.4 cm³/mol. The lowest BCUT2D eigenvalue weighted by Gasteiger charge is -2.29. The van der Waals surface area contributed by atoms with Crippen molar-refractivity contribution < 1.29 is 8.42 Å².